The lowest BCUT2D eigenvalue weighted by Gasteiger charge is -2.03. The van der Waals surface area contributed by atoms with E-state index in [1.165, 1.54) is 0 Å². The van der Waals surface area contributed by atoms with Crippen molar-refractivity contribution in [2.75, 3.05) is 6.61 Å². The number of hydrogen-bond donors (Lipinski definition) is 2. The molecule has 2 aromatic heterocycles. The van der Waals surface area contributed by atoms with E-state index in [-0.39, 0.29) is 6.61 Å². The molecule has 0 radical (unpaired) electrons. The summed E-state index contributed by atoms with van der Waals surface area (Å²) in [6, 6.07) is 3.49. The van der Waals surface area contributed by atoms with Crippen LogP contribution < -0.4 is 5.73 Å². The van der Waals surface area contributed by atoms with Crippen LogP contribution in [0.2, 0.25) is 0 Å². The third kappa shape index (κ3) is 1.67. The molecule has 0 saturated heterocycles. The maximum atomic E-state index is 9.01. The van der Waals surface area contributed by atoms with Crippen LogP contribution in [0.4, 0.5) is 0 Å². The summed E-state index contributed by atoms with van der Waals surface area (Å²) in [7, 11) is 0. The first-order valence-electron chi connectivity index (χ1n) is 4.64. The molecule has 0 bridgehead atoms. The van der Waals surface area contributed by atoms with E-state index in [1.807, 2.05) is 29.7 Å². The average Bonchev–Trinajstić information content (AvgIpc) is 2.57. The lowest BCUT2D eigenvalue weighted by Crippen LogP contribution is -2.15. The Morgan fingerprint density at radius 3 is 3.00 bits per heavy atom. The van der Waals surface area contributed by atoms with E-state index >= 15 is 0 Å². The highest BCUT2D eigenvalue weighted by Gasteiger charge is 2.16. The van der Waals surface area contributed by atoms with Gasteiger partial charge in [0.25, 0.3) is 0 Å². The summed E-state index contributed by atoms with van der Waals surface area (Å²) in [5.41, 5.74) is 8.38. The Balaban J connectivity index is 2.69. The fourth-order valence-electron chi connectivity index (χ4n) is 1.52. The number of nitrogens with two attached hydrogens (primary N) is 1. The standard InChI is InChI=1S/C10H12BrN3O/c1-6-3-2-4-14-9(11)8(7(12)5-15)13-10(6)14/h2-4,7,15H,5,12H2,1H3. The van der Waals surface area contributed by atoms with Crippen molar-refractivity contribution in [2.45, 2.75) is 13.0 Å². The highest BCUT2D eigenvalue weighted by Crippen LogP contribution is 2.24. The number of pyridine rings is 1. The summed E-state index contributed by atoms with van der Waals surface area (Å²) >= 11 is 3.44. The lowest BCUT2D eigenvalue weighted by atomic mass is 10.2. The van der Waals surface area contributed by atoms with Crippen molar-refractivity contribution in [3.63, 3.8) is 0 Å². The number of aryl methyl sites for hydroxylation is 1. The first-order valence-corrected chi connectivity index (χ1v) is 5.44. The van der Waals surface area contributed by atoms with Crippen LogP contribution in [-0.4, -0.2) is 21.1 Å². The van der Waals surface area contributed by atoms with Crippen LogP contribution in [0.5, 0.6) is 0 Å². The number of aliphatic hydroxyl groups is 1. The maximum absolute atomic E-state index is 9.01. The van der Waals surface area contributed by atoms with Gasteiger partial charge in [0.2, 0.25) is 0 Å². The number of aromatic nitrogens is 2. The van der Waals surface area contributed by atoms with Gasteiger partial charge in [-0.3, -0.25) is 4.40 Å². The molecule has 2 heterocycles. The van der Waals surface area contributed by atoms with Gasteiger partial charge in [-0.05, 0) is 34.5 Å². The minimum atomic E-state index is -0.446. The van der Waals surface area contributed by atoms with E-state index in [9.17, 15) is 0 Å². The van der Waals surface area contributed by atoms with E-state index in [4.69, 9.17) is 10.8 Å². The molecule has 1 atom stereocenters. The van der Waals surface area contributed by atoms with Crippen molar-refractivity contribution in [3.8, 4) is 0 Å². The van der Waals surface area contributed by atoms with Gasteiger partial charge in [0.05, 0.1) is 18.3 Å². The van der Waals surface area contributed by atoms with Gasteiger partial charge >= 0.3 is 0 Å². The van der Waals surface area contributed by atoms with Crippen LogP contribution in [0.1, 0.15) is 17.3 Å². The summed E-state index contributed by atoms with van der Waals surface area (Å²) in [6.07, 6.45) is 1.91. The van der Waals surface area contributed by atoms with Gasteiger partial charge in [0.15, 0.2) is 0 Å². The Labute approximate surface area is 95.9 Å². The van der Waals surface area contributed by atoms with E-state index in [1.54, 1.807) is 0 Å². The second-order valence-corrected chi connectivity index (χ2v) is 4.21. The quantitative estimate of drug-likeness (QED) is 0.867. The summed E-state index contributed by atoms with van der Waals surface area (Å²) in [5, 5.41) is 9.01. The molecule has 2 aromatic rings. The third-order valence-corrected chi connectivity index (χ3v) is 3.15. The van der Waals surface area contributed by atoms with Gasteiger partial charge in [-0.2, -0.15) is 0 Å². The van der Waals surface area contributed by atoms with Gasteiger partial charge in [0.1, 0.15) is 10.3 Å². The normalized spacial score (nSPS) is 13.3. The van der Waals surface area contributed by atoms with Crippen LogP contribution in [0, 0.1) is 6.92 Å². The molecule has 0 amide bonds. The lowest BCUT2D eigenvalue weighted by molar-refractivity contribution is 0.266. The fourth-order valence-corrected chi connectivity index (χ4v) is 2.18. The molecule has 0 fully saturated rings. The van der Waals surface area contributed by atoms with Crippen LogP contribution in [-0.2, 0) is 0 Å². The molecule has 0 saturated carbocycles. The Morgan fingerprint density at radius 1 is 1.67 bits per heavy atom. The molecule has 4 nitrogen and oxygen atoms in total. The molecule has 15 heavy (non-hydrogen) atoms. The number of imidazole rings is 1. The second-order valence-electron chi connectivity index (χ2n) is 3.46. The summed E-state index contributed by atoms with van der Waals surface area (Å²) in [6.45, 7) is 1.88. The highest BCUT2D eigenvalue weighted by atomic mass is 79.9. The molecular formula is C10H12BrN3O. The van der Waals surface area contributed by atoms with Crippen molar-refractivity contribution in [2.24, 2.45) is 5.73 Å². The molecule has 0 spiro atoms. The number of aliphatic hydroxyl groups excluding tert-OH is 1. The summed E-state index contributed by atoms with van der Waals surface area (Å²) < 4.78 is 2.72. The molecule has 2 rings (SSSR count). The molecule has 0 aliphatic rings. The molecular weight excluding hydrogens is 258 g/mol. The zero-order valence-electron chi connectivity index (χ0n) is 8.31. The van der Waals surface area contributed by atoms with Crippen molar-refractivity contribution in [3.05, 3.63) is 34.2 Å². The Kier molecular flexibility index (Phi) is 2.77. The van der Waals surface area contributed by atoms with Crippen molar-refractivity contribution < 1.29 is 5.11 Å². The Morgan fingerprint density at radius 2 is 2.40 bits per heavy atom. The first kappa shape index (κ1) is 10.6. The van der Waals surface area contributed by atoms with Gasteiger partial charge in [-0.1, -0.05) is 6.07 Å². The number of fused-ring (bicyclic) bond motifs is 1. The van der Waals surface area contributed by atoms with Crippen LogP contribution in [0.3, 0.4) is 0 Å². The van der Waals surface area contributed by atoms with Gasteiger partial charge < -0.3 is 10.8 Å². The van der Waals surface area contributed by atoms with Crippen molar-refractivity contribution >= 4 is 21.6 Å². The van der Waals surface area contributed by atoms with E-state index in [2.05, 4.69) is 20.9 Å². The fraction of sp³-hybridized carbons (Fsp3) is 0.300. The van der Waals surface area contributed by atoms with Crippen LogP contribution >= 0.6 is 15.9 Å². The predicted octanol–water partition coefficient (Wildman–Crippen LogP) is 1.40. The zero-order valence-corrected chi connectivity index (χ0v) is 9.90. The molecule has 0 aliphatic carbocycles. The first-order chi connectivity index (χ1) is 7.15. The SMILES string of the molecule is Cc1cccn2c(Br)c(C(N)CO)nc12. The second kappa shape index (κ2) is 3.92. The third-order valence-electron chi connectivity index (χ3n) is 2.36. The predicted molar refractivity (Wildman–Crippen MR) is 61.6 cm³/mol. The largest absolute Gasteiger partial charge is 0.394 e. The summed E-state index contributed by atoms with van der Waals surface area (Å²) in [5.74, 6) is 0. The average molecular weight is 270 g/mol. The summed E-state index contributed by atoms with van der Waals surface area (Å²) in [4.78, 5) is 4.41. The van der Waals surface area contributed by atoms with E-state index in [0.717, 1.165) is 15.8 Å². The molecule has 80 valence electrons. The monoisotopic (exact) mass is 269 g/mol. The number of rotatable bonds is 2. The Bertz CT molecular complexity index is 495. The molecule has 0 aromatic carbocycles. The minimum absolute atomic E-state index is 0.110. The molecule has 0 aliphatic heterocycles. The van der Waals surface area contributed by atoms with E-state index in [0.29, 0.717) is 5.69 Å². The van der Waals surface area contributed by atoms with Crippen LogP contribution in [0.15, 0.2) is 22.9 Å². The topological polar surface area (TPSA) is 63.5 Å². The minimum Gasteiger partial charge on any atom is -0.394 e. The van der Waals surface area contributed by atoms with Crippen molar-refractivity contribution in [1.29, 1.82) is 0 Å². The van der Waals surface area contributed by atoms with Crippen LogP contribution in [0.25, 0.3) is 5.65 Å². The smallest absolute Gasteiger partial charge is 0.140 e. The molecule has 1 unspecified atom stereocenters. The number of halogens is 1. The number of nitrogens with zero attached hydrogens (tertiary/aromatic N) is 2. The zero-order chi connectivity index (χ0) is 11.0. The number of hydrogen-bond acceptors (Lipinski definition) is 3. The Hall–Kier alpha value is -0.910. The maximum Gasteiger partial charge on any atom is 0.140 e. The van der Waals surface area contributed by atoms with Gasteiger partial charge in [-0.15, -0.1) is 0 Å². The molecule has 5 heteroatoms. The van der Waals surface area contributed by atoms with Crippen molar-refractivity contribution in [1.82, 2.24) is 9.38 Å². The molecule has 3 N–H and O–H groups in total. The van der Waals surface area contributed by atoms with E-state index < -0.39 is 6.04 Å². The van der Waals surface area contributed by atoms with Gasteiger partial charge in [0, 0.05) is 6.20 Å². The van der Waals surface area contributed by atoms with Gasteiger partial charge in [-0.25, -0.2) is 4.98 Å². The highest BCUT2D eigenvalue weighted by molar-refractivity contribution is 9.10.